The van der Waals surface area contributed by atoms with Crippen LogP contribution in [0.2, 0.25) is 0 Å². The van der Waals surface area contributed by atoms with E-state index >= 15 is 0 Å². The molecule has 0 heterocycles. The molecule has 0 aliphatic carbocycles. The van der Waals surface area contributed by atoms with Crippen molar-refractivity contribution < 1.29 is 19.0 Å². The van der Waals surface area contributed by atoms with E-state index in [1.54, 1.807) is 14.0 Å². The molecule has 1 amide bonds. The van der Waals surface area contributed by atoms with E-state index in [2.05, 4.69) is 11.4 Å². The highest BCUT2D eigenvalue weighted by Crippen LogP contribution is 2.29. The lowest BCUT2D eigenvalue weighted by atomic mass is 10.1. The molecule has 0 unspecified atom stereocenters. The van der Waals surface area contributed by atoms with Gasteiger partial charge in [-0.3, -0.25) is 4.79 Å². The Morgan fingerprint density at radius 2 is 1.68 bits per heavy atom. The van der Waals surface area contributed by atoms with E-state index in [4.69, 9.17) is 14.2 Å². The van der Waals surface area contributed by atoms with Gasteiger partial charge in [0.25, 0.3) is 5.91 Å². The number of hydrogen-bond acceptors (Lipinski definition) is 4. The van der Waals surface area contributed by atoms with Crippen molar-refractivity contribution in [2.45, 2.75) is 60.3 Å². The first kappa shape index (κ1) is 21.6. The Kier molecular flexibility index (Phi) is 7.32. The van der Waals surface area contributed by atoms with Gasteiger partial charge in [0.2, 0.25) is 0 Å². The Morgan fingerprint density at radius 3 is 2.32 bits per heavy atom. The Bertz CT molecular complexity index is 830. The number of carbonyl (C=O) groups is 1. The van der Waals surface area contributed by atoms with Crippen LogP contribution in [-0.2, 0) is 11.3 Å². The van der Waals surface area contributed by atoms with E-state index in [0.29, 0.717) is 18.0 Å². The lowest BCUT2D eigenvalue weighted by molar-refractivity contribution is -0.127. The zero-order chi connectivity index (χ0) is 20.8. The molecule has 5 nitrogen and oxygen atoms in total. The van der Waals surface area contributed by atoms with Gasteiger partial charge in [0.05, 0.1) is 13.2 Å². The van der Waals surface area contributed by atoms with Crippen LogP contribution in [-0.4, -0.2) is 25.2 Å². The fraction of sp³-hybridized carbons (Fsp3) is 0.435. The molecule has 2 aromatic carbocycles. The molecule has 0 radical (unpaired) electrons. The number of ether oxygens (including phenoxy) is 3. The normalized spacial score (nSPS) is 11.9. The van der Waals surface area contributed by atoms with Crippen LogP contribution >= 0.6 is 0 Å². The molecule has 0 fully saturated rings. The maximum absolute atomic E-state index is 12.5. The monoisotopic (exact) mass is 385 g/mol. The summed E-state index contributed by atoms with van der Waals surface area (Å²) in [5.41, 5.74) is 4.24. The van der Waals surface area contributed by atoms with Crippen LogP contribution in [0, 0.1) is 20.8 Å². The van der Waals surface area contributed by atoms with Crippen molar-refractivity contribution in [2.24, 2.45) is 0 Å². The third-order valence-electron chi connectivity index (χ3n) is 4.49. The van der Waals surface area contributed by atoms with Crippen LogP contribution in [0.25, 0.3) is 0 Å². The molecule has 0 aliphatic heterocycles. The highest BCUT2D eigenvalue weighted by Gasteiger charge is 2.17. The fourth-order valence-electron chi connectivity index (χ4n) is 2.87. The molecule has 2 rings (SSSR count). The second kappa shape index (κ2) is 9.49. The SMILES string of the molecule is COc1cc(CNC(=O)[C@@H](C)Oc2cc(C)cc(C)c2C)ccc1OC(C)C. The van der Waals surface area contributed by atoms with Crippen LogP contribution in [0.1, 0.15) is 43.0 Å². The molecule has 28 heavy (non-hydrogen) atoms. The topological polar surface area (TPSA) is 56.8 Å². The highest BCUT2D eigenvalue weighted by atomic mass is 16.5. The molecule has 0 saturated carbocycles. The van der Waals surface area contributed by atoms with Gasteiger partial charge in [-0.05, 0) is 82.0 Å². The van der Waals surface area contributed by atoms with Crippen LogP contribution in [0.4, 0.5) is 0 Å². The maximum Gasteiger partial charge on any atom is 0.261 e. The summed E-state index contributed by atoms with van der Waals surface area (Å²) in [6.07, 6.45) is -0.531. The lowest BCUT2D eigenvalue weighted by Gasteiger charge is -2.18. The summed E-state index contributed by atoms with van der Waals surface area (Å²) >= 11 is 0. The van der Waals surface area contributed by atoms with Crippen molar-refractivity contribution >= 4 is 5.91 Å². The third kappa shape index (κ3) is 5.65. The van der Waals surface area contributed by atoms with Crippen molar-refractivity contribution in [2.75, 3.05) is 7.11 Å². The maximum atomic E-state index is 12.5. The van der Waals surface area contributed by atoms with Gasteiger partial charge < -0.3 is 19.5 Å². The fourth-order valence-corrected chi connectivity index (χ4v) is 2.87. The quantitative estimate of drug-likeness (QED) is 0.727. The minimum atomic E-state index is -0.592. The summed E-state index contributed by atoms with van der Waals surface area (Å²) in [5, 5.41) is 2.92. The molecule has 0 aromatic heterocycles. The van der Waals surface area contributed by atoms with Crippen molar-refractivity contribution in [3.63, 3.8) is 0 Å². The molecule has 5 heteroatoms. The number of nitrogens with one attached hydrogen (secondary N) is 1. The molecular weight excluding hydrogens is 354 g/mol. The molecule has 1 N–H and O–H groups in total. The van der Waals surface area contributed by atoms with E-state index in [1.165, 1.54) is 0 Å². The number of methoxy groups -OCH3 is 1. The largest absolute Gasteiger partial charge is 0.493 e. The zero-order valence-corrected chi connectivity index (χ0v) is 17.9. The molecule has 0 bridgehead atoms. The first-order valence-electron chi connectivity index (χ1n) is 9.57. The van der Waals surface area contributed by atoms with Crippen molar-refractivity contribution in [3.8, 4) is 17.2 Å². The van der Waals surface area contributed by atoms with Gasteiger partial charge in [-0.25, -0.2) is 0 Å². The van der Waals surface area contributed by atoms with Crippen LogP contribution in [0.5, 0.6) is 17.2 Å². The van der Waals surface area contributed by atoms with Gasteiger partial charge in [0.1, 0.15) is 5.75 Å². The van der Waals surface area contributed by atoms with Crippen LogP contribution < -0.4 is 19.5 Å². The molecule has 152 valence electrons. The first-order chi connectivity index (χ1) is 13.2. The second-order valence-electron chi connectivity index (χ2n) is 7.33. The Balaban J connectivity index is 2.00. The number of benzene rings is 2. The Hall–Kier alpha value is -2.69. The predicted molar refractivity (Wildman–Crippen MR) is 111 cm³/mol. The second-order valence-corrected chi connectivity index (χ2v) is 7.33. The first-order valence-corrected chi connectivity index (χ1v) is 9.57. The molecule has 0 aliphatic rings. The summed E-state index contributed by atoms with van der Waals surface area (Å²) in [7, 11) is 1.60. The molecule has 2 aromatic rings. The predicted octanol–water partition coefficient (Wildman–Crippen LogP) is 4.49. The Morgan fingerprint density at radius 1 is 0.964 bits per heavy atom. The number of aryl methyl sites for hydroxylation is 2. The summed E-state index contributed by atoms with van der Waals surface area (Å²) in [4.78, 5) is 12.5. The van der Waals surface area contributed by atoms with Crippen LogP contribution in [0.15, 0.2) is 30.3 Å². The number of carbonyl (C=O) groups excluding carboxylic acids is 1. The van der Waals surface area contributed by atoms with Crippen molar-refractivity contribution in [3.05, 3.63) is 52.6 Å². The summed E-state index contributed by atoms with van der Waals surface area (Å²) in [6, 6.07) is 9.72. The van der Waals surface area contributed by atoms with Gasteiger partial charge in [0.15, 0.2) is 17.6 Å². The van der Waals surface area contributed by atoms with Gasteiger partial charge >= 0.3 is 0 Å². The standard InChI is InChI=1S/C23H31NO4/c1-14(2)27-20-9-8-19(12-22(20)26-7)13-24-23(25)18(6)28-21-11-15(3)10-16(4)17(21)5/h8-12,14,18H,13H2,1-7H3,(H,24,25)/t18-/m1/s1. The van der Waals surface area contributed by atoms with Crippen LogP contribution in [0.3, 0.4) is 0 Å². The summed E-state index contributed by atoms with van der Waals surface area (Å²) in [6.45, 7) is 12.1. The minimum absolute atomic E-state index is 0.0613. The van der Waals surface area contributed by atoms with Gasteiger partial charge in [0, 0.05) is 6.54 Å². The minimum Gasteiger partial charge on any atom is -0.493 e. The van der Waals surface area contributed by atoms with E-state index in [9.17, 15) is 4.79 Å². The summed E-state index contributed by atoms with van der Waals surface area (Å²) in [5.74, 6) is 1.92. The summed E-state index contributed by atoms with van der Waals surface area (Å²) < 4.78 is 17.0. The van der Waals surface area contributed by atoms with E-state index in [1.807, 2.05) is 58.9 Å². The van der Waals surface area contributed by atoms with E-state index in [0.717, 1.165) is 28.0 Å². The Labute approximate surface area is 168 Å². The highest BCUT2D eigenvalue weighted by molar-refractivity contribution is 5.80. The lowest BCUT2D eigenvalue weighted by Crippen LogP contribution is -2.36. The average molecular weight is 386 g/mol. The third-order valence-corrected chi connectivity index (χ3v) is 4.49. The van der Waals surface area contributed by atoms with E-state index < -0.39 is 6.10 Å². The van der Waals surface area contributed by atoms with Gasteiger partial charge in [-0.2, -0.15) is 0 Å². The number of amides is 1. The molecule has 1 atom stereocenters. The average Bonchev–Trinajstić information content (AvgIpc) is 2.64. The molecule has 0 saturated heterocycles. The van der Waals surface area contributed by atoms with E-state index in [-0.39, 0.29) is 12.0 Å². The van der Waals surface area contributed by atoms with Gasteiger partial charge in [-0.15, -0.1) is 0 Å². The van der Waals surface area contributed by atoms with Gasteiger partial charge in [-0.1, -0.05) is 12.1 Å². The molecular formula is C23H31NO4. The smallest absolute Gasteiger partial charge is 0.261 e. The number of hydrogen-bond donors (Lipinski definition) is 1. The van der Waals surface area contributed by atoms with Crippen molar-refractivity contribution in [1.82, 2.24) is 5.32 Å². The number of rotatable bonds is 8. The zero-order valence-electron chi connectivity index (χ0n) is 17.9. The van der Waals surface area contributed by atoms with Crippen molar-refractivity contribution in [1.29, 1.82) is 0 Å². The molecule has 0 spiro atoms.